The molecule has 0 radical (unpaired) electrons. The van der Waals surface area contributed by atoms with Crippen LogP contribution < -0.4 is 0 Å². The Morgan fingerprint density at radius 2 is 2.27 bits per heavy atom. The number of carbonyl (C=O) groups excluding carboxylic acids is 1. The number of aryl methyl sites for hydroxylation is 1. The topological polar surface area (TPSA) is 72.1 Å². The molecule has 0 bridgehead atoms. The Morgan fingerprint density at radius 3 is 2.86 bits per heavy atom. The van der Waals surface area contributed by atoms with Gasteiger partial charge in [-0.2, -0.15) is 18.2 Å². The summed E-state index contributed by atoms with van der Waals surface area (Å²) in [6, 6.07) is 0. The van der Waals surface area contributed by atoms with Gasteiger partial charge in [0.05, 0.1) is 11.2 Å². The van der Waals surface area contributed by atoms with Crippen LogP contribution in [0.15, 0.2) is 10.0 Å². The Hall–Kier alpha value is -1.97. The molecule has 0 aliphatic carbocycles. The van der Waals surface area contributed by atoms with E-state index in [1.54, 1.807) is 17.3 Å². The van der Waals surface area contributed by atoms with E-state index < -0.39 is 12.1 Å². The predicted molar refractivity (Wildman–Crippen MR) is 69.4 cm³/mol. The molecule has 10 heteroatoms. The van der Waals surface area contributed by atoms with Crippen LogP contribution in [-0.2, 0) is 6.18 Å². The Labute approximate surface area is 127 Å². The number of carbonyl (C=O) groups is 1. The third-order valence-corrected chi connectivity index (χ3v) is 4.38. The lowest BCUT2D eigenvalue weighted by atomic mass is 10.1. The number of hydrogen-bond acceptors (Lipinski definition) is 6. The van der Waals surface area contributed by atoms with Gasteiger partial charge in [-0.15, -0.1) is 11.3 Å². The average molecular weight is 332 g/mol. The van der Waals surface area contributed by atoms with E-state index >= 15 is 0 Å². The first-order valence-corrected chi connectivity index (χ1v) is 7.34. The number of likely N-dealkylation sites (tertiary alicyclic amines) is 1. The molecule has 1 amide bonds. The molecule has 0 saturated carbocycles. The van der Waals surface area contributed by atoms with Crippen molar-refractivity contribution in [1.29, 1.82) is 0 Å². The van der Waals surface area contributed by atoms with E-state index in [2.05, 4.69) is 19.6 Å². The molecule has 3 rings (SSSR count). The highest BCUT2D eigenvalue weighted by Crippen LogP contribution is 2.31. The molecule has 1 atom stereocenters. The van der Waals surface area contributed by atoms with Crippen LogP contribution in [-0.4, -0.2) is 39.0 Å². The highest BCUT2D eigenvalue weighted by Gasteiger charge is 2.40. The molecular weight excluding hydrogens is 321 g/mol. The number of hydrogen-bond donors (Lipinski definition) is 0. The number of halogens is 3. The summed E-state index contributed by atoms with van der Waals surface area (Å²) in [5.74, 6) is -1.88. The van der Waals surface area contributed by atoms with Crippen molar-refractivity contribution in [2.24, 2.45) is 0 Å². The van der Waals surface area contributed by atoms with Crippen LogP contribution >= 0.6 is 11.3 Å². The maximum atomic E-state index is 12.5. The molecule has 0 N–H and O–H groups in total. The van der Waals surface area contributed by atoms with Crippen LogP contribution in [0.5, 0.6) is 0 Å². The zero-order valence-electron chi connectivity index (χ0n) is 11.4. The summed E-state index contributed by atoms with van der Waals surface area (Å²) in [7, 11) is 0. The first-order valence-electron chi connectivity index (χ1n) is 6.46. The van der Waals surface area contributed by atoms with Gasteiger partial charge in [-0.25, -0.2) is 4.98 Å². The normalized spacial score (nSPS) is 18.9. The SMILES string of the molecule is Cc1ncsc1C(=O)N1CC[C@H](c2noc(C(F)(F)F)n2)C1. The molecule has 118 valence electrons. The van der Waals surface area contributed by atoms with E-state index in [1.807, 2.05) is 0 Å². The second-order valence-corrected chi connectivity index (χ2v) is 5.81. The quantitative estimate of drug-likeness (QED) is 0.845. The lowest BCUT2D eigenvalue weighted by Gasteiger charge is -2.14. The van der Waals surface area contributed by atoms with Crippen molar-refractivity contribution in [2.75, 3.05) is 13.1 Å². The summed E-state index contributed by atoms with van der Waals surface area (Å²) >= 11 is 1.25. The van der Waals surface area contributed by atoms with Crippen molar-refractivity contribution >= 4 is 17.2 Å². The number of amides is 1. The van der Waals surface area contributed by atoms with Crippen LogP contribution in [0, 0.1) is 6.92 Å². The Morgan fingerprint density at radius 1 is 1.50 bits per heavy atom. The zero-order valence-corrected chi connectivity index (χ0v) is 12.2. The van der Waals surface area contributed by atoms with Gasteiger partial charge in [0.15, 0.2) is 5.82 Å². The fourth-order valence-corrected chi connectivity index (χ4v) is 3.09. The van der Waals surface area contributed by atoms with Gasteiger partial charge in [-0.05, 0) is 13.3 Å². The van der Waals surface area contributed by atoms with Crippen LogP contribution in [0.4, 0.5) is 13.2 Å². The van der Waals surface area contributed by atoms with Crippen LogP contribution in [0.1, 0.15) is 39.4 Å². The van der Waals surface area contributed by atoms with E-state index in [9.17, 15) is 18.0 Å². The monoisotopic (exact) mass is 332 g/mol. The molecule has 1 aliphatic rings. The highest BCUT2D eigenvalue weighted by atomic mass is 32.1. The Kier molecular flexibility index (Phi) is 3.63. The minimum absolute atomic E-state index is 0.0105. The molecule has 0 aromatic carbocycles. The van der Waals surface area contributed by atoms with E-state index in [0.29, 0.717) is 23.5 Å². The van der Waals surface area contributed by atoms with Crippen LogP contribution in [0.3, 0.4) is 0 Å². The minimum Gasteiger partial charge on any atom is -0.337 e. The van der Waals surface area contributed by atoms with Gasteiger partial charge >= 0.3 is 12.1 Å². The second kappa shape index (κ2) is 5.34. The van der Waals surface area contributed by atoms with Gasteiger partial charge in [0, 0.05) is 19.0 Å². The molecule has 1 fully saturated rings. The molecule has 2 aromatic heterocycles. The lowest BCUT2D eigenvalue weighted by Crippen LogP contribution is -2.28. The molecule has 0 spiro atoms. The Balaban J connectivity index is 1.71. The number of aromatic nitrogens is 3. The molecule has 1 saturated heterocycles. The van der Waals surface area contributed by atoms with Crippen molar-refractivity contribution in [2.45, 2.75) is 25.4 Å². The van der Waals surface area contributed by atoms with Gasteiger partial charge in [-0.3, -0.25) is 4.79 Å². The van der Waals surface area contributed by atoms with Crippen molar-refractivity contribution in [3.05, 3.63) is 27.8 Å². The highest BCUT2D eigenvalue weighted by molar-refractivity contribution is 7.11. The smallest absolute Gasteiger partial charge is 0.337 e. The third kappa shape index (κ3) is 2.70. The molecule has 22 heavy (non-hydrogen) atoms. The Bertz CT molecular complexity index is 697. The molecule has 2 aromatic rings. The molecule has 0 unspecified atom stereocenters. The summed E-state index contributed by atoms with van der Waals surface area (Å²) < 4.78 is 41.6. The first-order chi connectivity index (χ1) is 10.4. The molecular formula is C12H11F3N4O2S. The van der Waals surface area contributed by atoms with Gasteiger partial charge < -0.3 is 9.42 Å². The number of rotatable bonds is 2. The fourth-order valence-electron chi connectivity index (χ4n) is 2.32. The average Bonchev–Trinajstić information content (AvgIpc) is 3.16. The van der Waals surface area contributed by atoms with Crippen molar-refractivity contribution in [3.63, 3.8) is 0 Å². The first kappa shape index (κ1) is 14.9. The van der Waals surface area contributed by atoms with Gasteiger partial charge in [0.25, 0.3) is 5.91 Å². The van der Waals surface area contributed by atoms with Gasteiger partial charge in [-0.1, -0.05) is 5.16 Å². The summed E-state index contributed by atoms with van der Waals surface area (Å²) in [5.41, 5.74) is 2.24. The summed E-state index contributed by atoms with van der Waals surface area (Å²) in [6.07, 6.45) is -4.15. The third-order valence-electron chi connectivity index (χ3n) is 3.46. The maximum Gasteiger partial charge on any atom is 0.471 e. The zero-order chi connectivity index (χ0) is 15.9. The number of nitrogens with zero attached hydrogens (tertiary/aromatic N) is 4. The maximum absolute atomic E-state index is 12.5. The second-order valence-electron chi connectivity index (χ2n) is 4.96. The molecule has 3 heterocycles. The largest absolute Gasteiger partial charge is 0.471 e. The van der Waals surface area contributed by atoms with Crippen LogP contribution in [0.2, 0.25) is 0 Å². The molecule has 6 nitrogen and oxygen atoms in total. The number of alkyl halides is 3. The van der Waals surface area contributed by atoms with E-state index in [4.69, 9.17) is 0 Å². The van der Waals surface area contributed by atoms with E-state index in [-0.39, 0.29) is 24.2 Å². The fraction of sp³-hybridized carbons (Fsp3) is 0.500. The predicted octanol–water partition coefficient (Wildman–Crippen LogP) is 2.48. The van der Waals surface area contributed by atoms with Crippen molar-refractivity contribution in [1.82, 2.24) is 20.0 Å². The van der Waals surface area contributed by atoms with Gasteiger partial charge in [0.2, 0.25) is 0 Å². The van der Waals surface area contributed by atoms with E-state index in [0.717, 1.165) is 0 Å². The summed E-state index contributed by atoms with van der Waals surface area (Å²) in [4.78, 5) is 21.9. The van der Waals surface area contributed by atoms with Crippen LogP contribution in [0.25, 0.3) is 0 Å². The summed E-state index contributed by atoms with van der Waals surface area (Å²) in [5, 5.41) is 3.38. The number of thiazole rings is 1. The standard InChI is InChI=1S/C12H11F3N4O2S/c1-6-8(22-5-16-6)10(20)19-3-2-7(4-19)9-17-11(21-18-9)12(13,14)15/h5,7H,2-4H2,1H3/t7-/m0/s1. The molecule has 1 aliphatic heterocycles. The lowest BCUT2D eigenvalue weighted by molar-refractivity contribution is -0.159. The van der Waals surface area contributed by atoms with Crippen molar-refractivity contribution < 1.29 is 22.5 Å². The minimum atomic E-state index is -4.65. The summed E-state index contributed by atoms with van der Waals surface area (Å²) in [6.45, 7) is 2.45. The van der Waals surface area contributed by atoms with E-state index in [1.165, 1.54) is 11.3 Å². The van der Waals surface area contributed by atoms with Gasteiger partial charge in [0.1, 0.15) is 4.88 Å². The van der Waals surface area contributed by atoms with Crippen molar-refractivity contribution in [3.8, 4) is 0 Å².